The van der Waals surface area contributed by atoms with Gasteiger partial charge in [-0.2, -0.15) is 14.9 Å². The maximum atomic E-state index is 13.4. The maximum absolute atomic E-state index is 13.4. The summed E-state index contributed by atoms with van der Waals surface area (Å²) >= 11 is 17.4. The van der Waals surface area contributed by atoms with Crippen molar-refractivity contribution in [2.24, 2.45) is 5.10 Å². The van der Waals surface area contributed by atoms with Gasteiger partial charge in [-0.25, -0.2) is 9.49 Å². The average molecular weight is 367 g/mol. The molecule has 0 fully saturated rings. The van der Waals surface area contributed by atoms with Crippen LogP contribution in [-0.2, 0) is 0 Å². The Labute approximate surface area is 146 Å². The first-order valence-electron chi connectivity index (χ1n) is 6.48. The predicted molar refractivity (Wildman–Crippen MR) is 92.3 cm³/mol. The van der Waals surface area contributed by atoms with Gasteiger partial charge in [-0.05, 0) is 36.5 Å². The summed E-state index contributed by atoms with van der Waals surface area (Å²) in [4.78, 5) is 0. The average Bonchev–Trinajstić information content (AvgIpc) is 2.88. The highest BCUT2D eigenvalue weighted by molar-refractivity contribution is 7.71. The van der Waals surface area contributed by atoms with E-state index in [9.17, 15) is 4.39 Å². The van der Waals surface area contributed by atoms with E-state index in [2.05, 4.69) is 15.3 Å². The van der Waals surface area contributed by atoms with Crippen molar-refractivity contribution in [1.82, 2.24) is 14.9 Å². The molecule has 1 heterocycles. The van der Waals surface area contributed by atoms with Gasteiger partial charge in [0.2, 0.25) is 4.77 Å². The molecular weight excluding hydrogens is 358 g/mol. The topological polar surface area (TPSA) is 46.0 Å². The van der Waals surface area contributed by atoms with Gasteiger partial charge in [-0.3, -0.25) is 0 Å². The van der Waals surface area contributed by atoms with E-state index in [4.69, 9.17) is 35.4 Å². The fraction of sp³-hybridized carbons (Fsp3) is 0. The van der Waals surface area contributed by atoms with Crippen molar-refractivity contribution in [1.29, 1.82) is 0 Å². The normalized spacial score (nSPS) is 11.3. The Balaban J connectivity index is 2.06. The standard InChI is InChI=1S/C15H9Cl2FN4S/c16-12-5-2-6-13(17)11(12)8-19-22-14(20-21-15(22)23)9-3-1-4-10(18)7-9/h1-8H,(H,21,23). The maximum Gasteiger partial charge on any atom is 0.216 e. The Morgan fingerprint density at radius 1 is 1.17 bits per heavy atom. The molecule has 0 bridgehead atoms. The van der Waals surface area contributed by atoms with Crippen molar-refractivity contribution >= 4 is 41.6 Å². The molecule has 0 amide bonds. The molecule has 8 heteroatoms. The van der Waals surface area contributed by atoms with Crippen LogP contribution in [0.2, 0.25) is 10.0 Å². The van der Waals surface area contributed by atoms with Gasteiger partial charge in [-0.15, -0.1) is 0 Å². The van der Waals surface area contributed by atoms with Crippen molar-refractivity contribution in [3.05, 3.63) is 68.7 Å². The minimum Gasteiger partial charge on any atom is -0.250 e. The van der Waals surface area contributed by atoms with E-state index in [0.717, 1.165) is 0 Å². The van der Waals surface area contributed by atoms with Crippen LogP contribution < -0.4 is 0 Å². The third kappa shape index (κ3) is 3.34. The second-order valence-corrected chi connectivity index (χ2v) is 5.76. The first-order valence-corrected chi connectivity index (χ1v) is 7.64. The molecule has 0 saturated heterocycles. The lowest BCUT2D eigenvalue weighted by Gasteiger charge is -2.03. The summed E-state index contributed by atoms with van der Waals surface area (Å²) in [7, 11) is 0. The number of aromatic amines is 1. The van der Waals surface area contributed by atoms with Gasteiger partial charge in [-0.1, -0.05) is 41.4 Å². The third-order valence-corrected chi connectivity index (χ3v) is 3.96. The summed E-state index contributed by atoms with van der Waals surface area (Å²) in [6.45, 7) is 0. The molecule has 1 aromatic heterocycles. The van der Waals surface area contributed by atoms with E-state index in [0.29, 0.717) is 27.0 Å². The Morgan fingerprint density at radius 3 is 2.57 bits per heavy atom. The van der Waals surface area contributed by atoms with Gasteiger partial charge in [0.15, 0.2) is 5.82 Å². The van der Waals surface area contributed by atoms with Gasteiger partial charge in [0.05, 0.1) is 16.3 Å². The van der Waals surface area contributed by atoms with Gasteiger partial charge in [0.1, 0.15) is 5.82 Å². The highest BCUT2D eigenvalue weighted by Crippen LogP contribution is 2.23. The SMILES string of the molecule is Fc1cccc(-c2n[nH]c(=S)n2N=Cc2c(Cl)cccc2Cl)c1. The Kier molecular flexibility index (Phi) is 4.56. The molecule has 23 heavy (non-hydrogen) atoms. The summed E-state index contributed by atoms with van der Waals surface area (Å²) < 4.78 is 15.0. The second kappa shape index (κ2) is 6.62. The third-order valence-electron chi connectivity index (χ3n) is 3.04. The summed E-state index contributed by atoms with van der Waals surface area (Å²) in [6.07, 6.45) is 1.48. The van der Waals surface area contributed by atoms with Crippen LogP contribution in [0.3, 0.4) is 0 Å². The second-order valence-electron chi connectivity index (χ2n) is 4.55. The number of hydrogen-bond donors (Lipinski definition) is 1. The van der Waals surface area contributed by atoms with E-state index in [1.165, 1.54) is 23.0 Å². The molecule has 0 aliphatic carbocycles. The molecule has 116 valence electrons. The lowest BCUT2D eigenvalue weighted by atomic mass is 10.2. The molecular formula is C15H9Cl2FN4S. The van der Waals surface area contributed by atoms with Crippen LogP contribution in [0.1, 0.15) is 5.56 Å². The lowest BCUT2D eigenvalue weighted by Crippen LogP contribution is -1.96. The van der Waals surface area contributed by atoms with E-state index >= 15 is 0 Å². The number of nitrogens with one attached hydrogen (secondary N) is 1. The van der Waals surface area contributed by atoms with Crippen molar-refractivity contribution in [2.45, 2.75) is 0 Å². The van der Waals surface area contributed by atoms with Crippen molar-refractivity contribution in [2.75, 3.05) is 0 Å². The summed E-state index contributed by atoms with van der Waals surface area (Å²) in [5.41, 5.74) is 1.10. The molecule has 3 aromatic rings. The van der Waals surface area contributed by atoms with Crippen LogP contribution in [0.15, 0.2) is 47.6 Å². The molecule has 1 N–H and O–H groups in total. The number of H-pyrrole nitrogens is 1. The molecule has 0 saturated carbocycles. The number of nitrogens with zero attached hydrogens (tertiary/aromatic N) is 3. The Morgan fingerprint density at radius 2 is 1.87 bits per heavy atom. The number of halogens is 3. The van der Waals surface area contributed by atoms with Gasteiger partial charge < -0.3 is 0 Å². The van der Waals surface area contributed by atoms with Crippen LogP contribution in [-0.4, -0.2) is 21.1 Å². The van der Waals surface area contributed by atoms with Crippen LogP contribution in [0.5, 0.6) is 0 Å². The van der Waals surface area contributed by atoms with Crippen LogP contribution in [0.25, 0.3) is 11.4 Å². The largest absolute Gasteiger partial charge is 0.250 e. The van der Waals surface area contributed by atoms with Gasteiger partial charge in [0, 0.05) is 11.1 Å². The molecule has 4 nitrogen and oxygen atoms in total. The van der Waals surface area contributed by atoms with Crippen molar-refractivity contribution in [3.63, 3.8) is 0 Å². The van der Waals surface area contributed by atoms with Gasteiger partial charge in [0.25, 0.3) is 0 Å². The summed E-state index contributed by atoms with van der Waals surface area (Å²) in [5.74, 6) is 0.00928. The first kappa shape index (κ1) is 15.9. The van der Waals surface area contributed by atoms with Crippen molar-refractivity contribution in [3.8, 4) is 11.4 Å². The van der Waals surface area contributed by atoms with Crippen LogP contribution >= 0.6 is 35.4 Å². The zero-order valence-corrected chi connectivity index (χ0v) is 13.8. The number of rotatable bonds is 3. The zero-order chi connectivity index (χ0) is 16.4. The first-order chi connectivity index (χ1) is 11.1. The number of hydrogen-bond acceptors (Lipinski definition) is 3. The highest BCUT2D eigenvalue weighted by atomic mass is 35.5. The minimum atomic E-state index is -0.374. The van der Waals surface area contributed by atoms with Crippen molar-refractivity contribution < 1.29 is 4.39 Å². The molecule has 3 rings (SSSR count). The Hall–Kier alpha value is -2.02. The molecule has 0 aliphatic rings. The fourth-order valence-electron chi connectivity index (χ4n) is 1.96. The fourth-order valence-corrected chi connectivity index (χ4v) is 2.64. The molecule has 0 radical (unpaired) electrons. The van der Waals surface area contributed by atoms with E-state index in [1.54, 1.807) is 30.3 Å². The zero-order valence-electron chi connectivity index (χ0n) is 11.5. The highest BCUT2D eigenvalue weighted by Gasteiger charge is 2.09. The van der Waals surface area contributed by atoms with E-state index < -0.39 is 0 Å². The lowest BCUT2D eigenvalue weighted by molar-refractivity contribution is 0.628. The molecule has 0 unspecified atom stereocenters. The monoisotopic (exact) mass is 366 g/mol. The van der Waals surface area contributed by atoms with Gasteiger partial charge >= 0.3 is 0 Å². The predicted octanol–water partition coefficient (Wildman–Crippen LogP) is 4.94. The quantitative estimate of drug-likeness (QED) is 0.527. The number of aromatic nitrogens is 3. The minimum absolute atomic E-state index is 0.267. The number of benzene rings is 2. The van der Waals surface area contributed by atoms with E-state index in [-0.39, 0.29) is 10.6 Å². The smallest absolute Gasteiger partial charge is 0.216 e. The molecule has 0 atom stereocenters. The molecule has 0 spiro atoms. The molecule has 0 aliphatic heterocycles. The van der Waals surface area contributed by atoms with Crippen LogP contribution in [0, 0.1) is 10.6 Å². The molecule has 2 aromatic carbocycles. The van der Waals surface area contributed by atoms with Crippen LogP contribution in [0.4, 0.5) is 4.39 Å². The summed E-state index contributed by atoms with van der Waals surface area (Å²) in [6, 6.07) is 11.1. The van der Waals surface area contributed by atoms with E-state index in [1.807, 2.05) is 0 Å². The Bertz CT molecular complexity index is 928. The summed E-state index contributed by atoms with van der Waals surface area (Å²) in [5, 5.41) is 11.9.